The van der Waals surface area contributed by atoms with Crippen LogP contribution < -0.4 is 19.5 Å². The molecule has 0 radical (unpaired) electrons. The second-order valence-electron chi connectivity index (χ2n) is 6.15. The van der Waals surface area contributed by atoms with Crippen LogP contribution in [0.4, 0.5) is 5.69 Å². The second kappa shape index (κ2) is 8.87. The zero-order valence-corrected chi connectivity index (χ0v) is 16.6. The fraction of sp³-hybridized carbons (Fsp3) is 0.250. The van der Waals surface area contributed by atoms with Gasteiger partial charge >= 0.3 is 0 Å². The topological polar surface area (TPSA) is 87.5 Å². The van der Waals surface area contributed by atoms with E-state index in [0.29, 0.717) is 35.5 Å². The molecule has 3 aromatic rings. The van der Waals surface area contributed by atoms with Crippen LogP contribution in [0.3, 0.4) is 0 Å². The van der Waals surface area contributed by atoms with Gasteiger partial charge in [0, 0.05) is 18.3 Å². The number of benzene rings is 2. The number of hydrogen-bond acceptors (Lipinski definition) is 7. The third kappa shape index (κ3) is 4.62. The molecule has 1 N–H and O–H groups in total. The van der Waals surface area contributed by atoms with E-state index in [4.69, 9.17) is 14.2 Å². The molecule has 8 nitrogen and oxygen atoms in total. The van der Waals surface area contributed by atoms with E-state index in [1.54, 1.807) is 18.2 Å². The number of nitrogens with zero attached hydrogens (tertiary/aromatic N) is 3. The molecule has 1 aliphatic rings. The zero-order chi connectivity index (χ0) is 20.1. The average Bonchev–Trinajstić information content (AvgIpc) is 3.37. The molecule has 9 heteroatoms. The van der Waals surface area contributed by atoms with Gasteiger partial charge < -0.3 is 24.1 Å². The summed E-state index contributed by atoms with van der Waals surface area (Å²) in [5.74, 6) is 2.88. The second-order valence-corrected chi connectivity index (χ2v) is 7.09. The van der Waals surface area contributed by atoms with Crippen LogP contribution >= 0.6 is 11.8 Å². The summed E-state index contributed by atoms with van der Waals surface area (Å²) < 4.78 is 18.3. The van der Waals surface area contributed by atoms with Crippen molar-refractivity contribution < 1.29 is 19.0 Å². The normalized spacial score (nSPS) is 12.0. The molecule has 0 unspecified atom stereocenters. The molecule has 0 saturated heterocycles. The molecule has 150 valence electrons. The Bertz CT molecular complexity index is 993. The van der Waals surface area contributed by atoms with E-state index in [0.717, 1.165) is 11.6 Å². The van der Waals surface area contributed by atoms with Crippen LogP contribution in [0.25, 0.3) is 0 Å². The van der Waals surface area contributed by atoms with Crippen LogP contribution in [0.1, 0.15) is 12.7 Å². The summed E-state index contributed by atoms with van der Waals surface area (Å²) in [6, 6.07) is 14.9. The SMILES string of the molecule is CCn1c(COc2ccccc2)nnc1SCC(=O)Nc1ccc2c(c1)OCO2. The molecule has 2 heterocycles. The predicted octanol–water partition coefficient (Wildman–Crippen LogP) is 3.34. The summed E-state index contributed by atoms with van der Waals surface area (Å²) in [4.78, 5) is 12.3. The van der Waals surface area contributed by atoms with Gasteiger partial charge in [0.1, 0.15) is 12.4 Å². The minimum absolute atomic E-state index is 0.137. The first-order valence-corrected chi connectivity index (χ1v) is 10.1. The van der Waals surface area contributed by atoms with Crippen molar-refractivity contribution in [2.45, 2.75) is 25.2 Å². The fourth-order valence-corrected chi connectivity index (χ4v) is 3.64. The van der Waals surface area contributed by atoms with Crippen molar-refractivity contribution in [3.63, 3.8) is 0 Å². The number of fused-ring (bicyclic) bond motifs is 1. The number of nitrogens with one attached hydrogen (secondary N) is 1. The molecule has 0 aliphatic carbocycles. The lowest BCUT2D eigenvalue weighted by atomic mass is 10.3. The smallest absolute Gasteiger partial charge is 0.234 e. The molecule has 0 spiro atoms. The van der Waals surface area contributed by atoms with Gasteiger partial charge in [0.15, 0.2) is 22.5 Å². The van der Waals surface area contributed by atoms with Crippen molar-refractivity contribution in [1.29, 1.82) is 0 Å². The number of para-hydroxylation sites is 1. The first-order valence-electron chi connectivity index (χ1n) is 9.15. The number of carbonyl (C=O) groups is 1. The largest absolute Gasteiger partial charge is 0.486 e. The van der Waals surface area contributed by atoms with Crippen molar-refractivity contribution >= 4 is 23.4 Å². The number of hydrogen-bond donors (Lipinski definition) is 1. The molecule has 29 heavy (non-hydrogen) atoms. The van der Waals surface area contributed by atoms with E-state index in [2.05, 4.69) is 15.5 Å². The number of ether oxygens (including phenoxy) is 3. The van der Waals surface area contributed by atoms with Gasteiger partial charge in [-0.1, -0.05) is 30.0 Å². The van der Waals surface area contributed by atoms with Gasteiger partial charge in [0.25, 0.3) is 0 Å². The lowest BCUT2D eigenvalue weighted by Gasteiger charge is -2.09. The van der Waals surface area contributed by atoms with E-state index < -0.39 is 0 Å². The highest BCUT2D eigenvalue weighted by Crippen LogP contribution is 2.34. The van der Waals surface area contributed by atoms with Gasteiger partial charge in [-0.2, -0.15) is 0 Å². The van der Waals surface area contributed by atoms with E-state index in [-0.39, 0.29) is 18.5 Å². The summed E-state index contributed by atoms with van der Waals surface area (Å²) >= 11 is 1.33. The number of amides is 1. The monoisotopic (exact) mass is 412 g/mol. The minimum atomic E-state index is -0.137. The molecule has 2 aromatic carbocycles. The number of carbonyl (C=O) groups excluding carboxylic acids is 1. The van der Waals surface area contributed by atoms with Gasteiger partial charge in [-0.3, -0.25) is 4.79 Å². The summed E-state index contributed by atoms with van der Waals surface area (Å²) in [6.45, 7) is 3.21. The van der Waals surface area contributed by atoms with Crippen LogP contribution in [-0.4, -0.2) is 33.2 Å². The Balaban J connectivity index is 1.33. The maximum absolute atomic E-state index is 12.3. The maximum Gasteiger partial charge on any atom is 0.234 e. The van der Waals surface area contributed by atoms with Gasteiger partial charge in [0.2, 0.25) is 12.7 Å². The molecule has 1 amide bonds. The number of anilines is 1. The van der Waals surface area contributed by atoms with Gasteiger partial charge in [-0.15, -0.1) is 10.2 Å². The summed E-state index contributed by atoms with van der Waals surface area (Å²) in [5, 5.41) is 11.9. The molecular weight excluding hydrogens is 392 g/mol. The summed E-state index contributed by atoms with van der Waals surface area (Å²) in [7, 11) is 0. The Labute approximate surface area is 172 Å². The van der Waals surface area contributed by atoms with Crippen LogP contribution in [0.5, 0.6) is 17.2 Å². The van der Waals surface area contributed by atoms with Crippen LogP contribution in [0.15, 0.2) is 53.7 Å². The summed E-state index contributed by atoms with van der Waals surface area (Å²) in [6.07, 6.45) is 0. The highest BCUT2D eigenvalue weighted by Gasteiger charge is 2.16. The standard InChI is InChI=1S/C20H20N4O4S/c1-2-24-18(11-26-15-6-4-3-5-7-15)22-23-20(24)29-12-19(25)21-14-8-9-16-17(10-14)28-13-27-16/h3-10H,2,11-13H2,1H3,(H,21,25). The lowest BCUT2D eigenvalue weighted by Crippen LogP contribution is -2.15. The molecule has 0 atom stereocenters. The Kier molecular flexibility index (Phi) is 5.85. The molecule has 0 fully saturated rings. The predicted molar refractivity (Wildman–Crippen MR) is 108 cm³/mol. The third-order valence-electron chi connectivity index (χ3n) is 4.21. The highest BCUT2D eigenvalue weighted by molar-refractivity contribution is 7.99. The van der Waals surface area contributed by atoms with Gasteiger partial charge in [-0.25, -0.2) is 0 Å². The van der Waals surface area contributed by atoms with Crippen molar-refractivity contribution in [1.82, 2.24) is 14.8 Å². The first-order chi connectivity index (χ1) is 14.2. The van der Waals surface area contributed by atoms with E-state index in [1.807, 2.05) is 41.8 Å². The van der Waals surface area contributed by atoms with E-state index in [9.17, 15) is 4.79 Å². The third-order valence-corrected chi connectivity index (χ3v) is 5.18. The van der Waals surface area contributed by atoms with E-state index >= 15 is 0 Å². The van der Waals surface area contributed by atoms with E-state index in [1.165, 1.54) is 11.8 Å². The molecule has 1 aliphatic heterocycles. The zero-order valence-electron chi connectivity index (χ0n) is 15.8. The quantitative estimate of drug-likeness (QED) is 0.568. The van der Waals surface area contributed by atoms with Crippen LogP contribution in [0, 0.1) is 0 Å². The van der Waals surface area contributed by atoms with Gasteiger partial charge in [0.05, 0.1) is 5.75 Å². The Morgan fingerprint density at radius 1 is 1.17 bits per heavy atom. The van der Waals surface area contributed by atoms with Crippen LogP contribution in [-0.2, 0) is 17.9 Å². The molecule has 4 rings (SSSR count). The molecule has 1 aromatic heterocycles. The fourth-order valence-electron chi connectivity index (χ4n) is 2.82. The molecular formula is C20H20N4O4S. The number of thioether (sulfide) groups is 1. The van der Waals surface area contributed by atoms with Crippen molar-refractivity contribution in [3.8, 4) is 17.2 Å². The first kappa shape index (κ1) is 19.1. The van der Waals surface area contributed by atoms with Gasteiger partial charge in [-0.05, 0) is 31.2 Å². The summed E-state index contributed by atoms with van der Waals surface area (Å²) in [5.41, 5.74) is 0.661. The Morgan fingerprint density at radius 3 is 2.83 bits per heavy atom. The average molecular weight is 412 g/mol. The van der Waals surface area contributed by atoms with Crippen molar-refractivity contribution in [2.75, 3.05) is 17.9 Å². The minimum Gasteiger partial charge on any atom is -0.486 e. The number of aromatic nitrogens is 3. The lowest BCUT2D eigenvalue weighted by molar-refractivity contribution is -0.113. The van der Waals surface area contributed by atoms with Crippen molar-refractivity contribution in [3.05, 3.63) is 54.4 Å². The Hall–Kier alpha value is -3.20. The van der Waals surface area contributed by atoms with Crippen LogP contribution in [0.2, 0.25) is 0 Å². The Morgan fingerprint density at radius 2 is 2.00 bits per heavy atom. The molecule has 0 saturated carbocycles. The highest BCUT2D eigenvalue weighted by atomic mass is 32.2. The molecule has 0 bridgehead atoms. The maximum atomic E-state index is 12.3. The number of rotatable bonds is 8. The van der Waals surface area contributed by atoms with Crippen molar-refractivity contribution in [2.24, 2.45) is 0 Å².